The number of benzene rings is 3. The highest BCUT2D eigenvalue weighted by Crippen LogP contribution is 2.60. The summed E-state index contributed by atoms with van der Waals surface area (Å²) in [5, 5.41) is 1.98. The molecule has 3 rings (SSSR count). The third kappa shape index (κ3) is 4.58. The van der Waals surface area contributed by atoms with Gasteiger partial charge in [-0.15, -0.1) is 0 Å². The van der Waals surface area contributed by atoms with Gasteiger partial charge in [-0.05, 0) is 100 Å². The van der Waals surface area contributed by atoms with Crippen LogP contribution < -0.4 is 5.30 Å². The van der Waals surface area contributed by atoms with Gasteiger partial charge in [0.15, 0.2) is 0 Å². The Bertz CT molecular complexity index is 1100. The van der Waals surface area contributed by atoms with E-state index in [0.717, 1.165) is 0 Å². The Labute approximate surface area is 198 Å². The van der Waals surface area contributed by atoms with Crippen molar-refractivity contribution >= 4 is 13.2 Å². The van der Waals surface area contributed by atoms with Crippen LogP contribution in [0.5, 0.6) is 0 Å². The third-order valence-electron chi connectivity index (χ3n) is 6.64. The van der Waals surface area contributed by atoms with Crippen LogP contribution in [0, 0.1) is 34.6 Å². The van der Waals surface area contributed by atoms with Crippen molar-refractivity contribution in [3.63, 3.8) is 0 Å². The first-order chi connectivity index (χ1) is 14.7. The van der Waals surface area contributed by atoms with Crippen molar-refractivity contribution in [1.82, 2.24) is 0 Å². The molecule has 0 saturated carbocycles. The maximum atomic E-state index is 2.43. The van der Waals surface area contributed by atoms with Crippen molar-refractivity contribution < 1.29 is 0 Å². The summed E-state index contributed by atoms with van der Waals surface area (Å²) in [6, 6.07) is 18.2. The molecule has 0 unspecified atom stereocenters. The highest BCUT2D eigenvalue weighted by atomic mass is 31.1. The van der Waals surface area contributed by atoms with E-state index in [4.69, 9.17) is 0 Å². The Morgan fingerprint density at radius 2 is 0.938 bits per heavy atom. The van der Waals surface area contributed by atoms with E-state index in [9.17, 15) is 0 Å². The third-order valence-corrected chi connectivity index (χ3v) is 10.3. The molecule has 0 heterocycles. The molecular weight excluding hydrogens is 403 g/mol. The van der Waals surface area contributed by atoms with Gasteiger partial charge in [0.25, 0.3) is 0 Å². The molecule has 0 radical (unpaired) electrons. The van der Waals surface area contributed by atoms with Gasteiger partial charge in [-0.3, -0.25) is 0 Å². The maximum absolute atomic E-state index is 2.43. The molecule has 0 atom stereocenters. The Morgan fingerprint density at radius 1 is 0.500 bits per heavy atom. The summed E-state index contributed by atoms with van der Waals surface area (Å²) < 4.78 is 0. The summed E-state index contributed by atoms with van der Waals surface area (Å²) in [5.74, 6) is 0. The second kappa shape index (κ2) is 8.79. The monoisotopic (exact) mass is 444 g/mol. The normalized spacial score (nSPS) is 12.5. The first-order valence-electron chi connectivity index (χ1n) is 11.8. The van der Waals surface area contributed by atoms with Crippen molar-refractivity contribution in [3.8, 4) is 22.3 Å². The highest BCUT2D eigenvalue weighted by Gasteiger charge is 2.38. The number of aryl methyl sites for hydroxylation is 3. The zero-order valence-corrected chi connectivity index (χ0v) is 23.0. The summed E-state index contributed by atoms with van der Waals surface area (Å²) in [5.41, 5.74) is 12.5. The van der Waals surface area contributed by atoms with Crippen molar-refractivity contribution in [3.05, 3.63) is 76.3 Å². The molecule has 0 aromatic heterocycles. The summed E-state index contributed by atoms with van der Waals surface area (Å²) >= 11 is 0. The first-order valence-corrected chi connectivity index (χ1v) is 13.2. The Morgan fingerprint density at radius 3 is 1.47 bits per heavy atom. The molecule has 0 nitrogen and oxygen atoms in total. The lowest BCUT2D eigenvalue weighted by Gasteiger charge is -2.44. The van der Waals surface area contributed by atoms with Crippen LogP contribution in [-0.4, -0.2) is 10.3 Å². The maximum Gasteiger partial charge on any atom is -0.00982 e. The van der Waals surface area contributed by atoms with Gasteiger partial charge in [0.05, 0.1) is 0 Å². The fourth-order valence-electron chi connectivity index (χ4n) is 5.44. The number of rotatable bonds is 3. The zero-order valence-electron chi connectivity index (χ0n) is 22.1. The minimum Gasteiger partial charge on any atom is -0.0633 e. The molecule has 170 valence electrons. The van der Waals surface area contributed by atoms with Crippen LogP contribution in [0.25, 0.3) is 22.3 Å². The molecule has 0 aliphatic rings. The lowest BCUT2D eigenvalue weighted by atomic mass is 9.89. The highest BCUT2D eigenvalue weighted by molar-refractivity contribution is 7.69. The van der Waals surface area contributed by atoms with Gasteiger partial charge in [0.2, 0.25) is 0 Å². The van der Waals surface area contributed by atoms with Gasteiger partial charge >= 0.3 is 0 Å². The fourth-order valence-corrected chi connectivity index (χ4v) is 9.68. The van der Waals surface area contributed by atoms with Crippen molar-refractivity contribution in [1.29, 1.82) is 0 Å². The van der Waals surface area contributed by atoms with Crippen molar-refractivity contribution in [2.45, 2.75) is 86.5 Å². The van der Waals surface area contributed by atoms with Crippen LogP contribution in [0.15, 0.2) is 48.5 Å². The topological polar surface area (TPSA) is 0 Å². The lowest BCUT2D eigenvalue weighted by Crippen LogP contribution is -2.33. The first kappa shape index (κ1) is 24.7. The predicted molar refractivity (Wildman–Crippen MR) is 147 cm³/mol. The van der Waals surface area contributed by atoms with E-state index in [1.165, 1.54) is 50.1 Å². The molecule has 0 aliphatic heterocycles. The van der Waals surface area contributed by atoms with Crippen LogP contribution in [0.3, 0.4) is 0 Å². The Kier molecular flexibility index (Phi) is 6.80. The van der Waals surface area contributed by atoms with Gasteiger partial charge in [-0.25, -0.2) is 0 Å². The molecule has 3 aromatic carbocycles. The molecule has 0 aliphatic carbocycles. The lowest BCUT2D eigenvalue weighted by molar-refractivity contribution is 0.714. The largest absolute Gasteiger partial charge is 0.0633 e. The van der Waals surface area contributed by atoms with E-state index in [2.05, 4.69) is 125 Å². The van der Waals surface area contributed by atoms with Crippen molar-refractivity contribution in [2.75, 3.05) is 0 Å². The fraction of sp³-hybridized carbons (Fsp3) is 0.419. The number of hydrogen-bond acceptors (Lipinski definition) is 0. The van der Waals surface area contributed by atoms with Crippen LogP contribution in [0.1, 0.15) is 69.4 Å². The average molecular weight is 445 g/mol. The van der Waals surface area contributed by atoms with Gasteiger partial charge in [-0.1, -0.05) is 98.0 Å². The molecule has 0 saturated heterocycles. The standard InChI is InChI=1S/C31H41P/c1-20-14-13-17-25(23(20)4)26-18-19-27(28-21(2)15-12-16-22(28)3)29(24(26)5)32(30(6,7)8)31(9,10)11/h12-19H,1-11H3. The van der Waals surface area contributed by atoms with Gasteiger partial charge in [0, 0.05) is 0 Å². The summed E-state index contributed by atoms with van der Waals surface area (Å²) in [6.07, 6.45) is 0. The molecule has 0 amide bonds. The van der Waals surface area contributed by atoms with Crippen molar-refractivity contribution in [2.24, 2.45) is 0 Å². The van der Waals surface area contributed by atoms with Crippen LogP contribution in [0.4, 0.5) is 0 Å². The SMILES string of the molecule is Cc1cccc(-c2ccc(-c3c(C)cccc3C)c(P(C(C)(C)C)C(C)(C)C)c2C)c1C. The predicted octanol–water partition coefficient (Wildman–Crippen LogP) is 9.27. The summed E-state index contributed by atoms with van der Waals surface area (Å²) in [6.45, 7) is 26.0. The molecule has 0 fully saturated rings. The summed E-state index contributed by atoms with van der Waals surface area (Å²) in [4.78, 5) is 0. The minimum atomic E-state index is -0.452. The molecule has 0 spiro atoms. The second-order valence-electron chi connectivity index (χ2n) is 11.3. The quantitative estimate of drug-likeness (QED) is 0.353. The van der Waals surface area contributed by atoms with Gasteiger partial charge < -0.3 is 0 Å². The van der Waals surface area contributed by atoms with E-state index in [1.807, 2.05) is 0 Å². The molecule has 1 heteroatoms. The van der Waals surface area contributed by atoms with Gasteiger partial charge in [0.1, 0.15) is 0 Å². The molecule has 3 aromatic rings. The molecular formula is C31H41P. The van der Waals surface area contributed by atoms with E-state index >= 15 is 0 Å². The second-order valence-corrected chi connectivity index (χ2v) is 15.1. The minimum absolute atomic E-state index is 0.198. The van der Waals surface area contributed by atoms with Crippen LogP contribution in [0.2, 0.25) is 0 Å². The van der Waals surface area contributed by atoms with E-state index in [1.54, 1.807) is 5.30 Å². The zero-order chi connectivity index (χ0) is 24.0. The summed E-state index contributed by atoms with van der Waals surface area (Å²) in [7, 11) is -0.452. The molecule has 32 heavy (non-hydrogen) atoms. The molecule has 0 bridgehead atoms. The van der Waals surface area contributed by atoms with Crippen LogP contribution >= 0.6 is 7.92 Å². The van der Waals surface area contributed by atoms with Crippen LogP contribution in [-0.2, 0) is 0 Å². The van der Waals surface area contributed by atoms with Gasteiger partial charge in [-0.2, -0.15) is 0 Å². The van der Waals surface area contributed by atoms with E-state index in [-0.39, 0.29) is 10.3 Å². The number of hydrogen-bond donors (Lipinski definition) is 0. The Balaban J connectivity index is 2.48. The molecule has 0 N–H and O–H groups in total. The average Bonchev–Trinajstić information content (AvgIpc) is 2.64. The smallest absolute Gasteiger partial charge is 0.00982 e. The van der Waals surface area contributed by atoms with E-state index < -0.39 is 7.92 Å². The van der Waals surface area contributed by atoms with E-state index in [0.29, 0.717) is 0 Å². The Hall–Kier alpha value is -1.91.